The van der Waals surface area contributed by atoms with Gasteiger partial charge in [-0.2, -0.15) is 0 Å². The fraction of sp³-hybridized carbons (Fsp3) is 0.286. The number of carbonyl (C=O) groups is 1. The molecule has 0 saturated heterocycles. The van der Waals surface area contributed by atoms with E-state index in [1.165, 1.54) is 6.42 Å². The molecule has 1 saturated carbocycles. The van der Waals surface area contributed by atoms with Crippen LogP contribution in [0.15, 0.2) is 59.3 Å². The predicted molar refractivity (Wildman–Crippen MR) is 98.5 cm³/mol. The monoisotopic (exact) mass is 347 g/mol. The second-order valence-electron chi connectivity index (χ2n) is 6.95. The zero-order chi connectivity index (χ0) is 18.1. The molecule has 2 aromatic heterocycles. The number of benzene rings is 1. The molecule has 5 heteroatoms. The number of carbonyl (C=O) groups excluding carboxylic acids is 1. The van der Waals surface area contributed by atoms with Crippen molar-refractivity contribution in [1.82, 2.24) is 14.9 Å². The Hall–Kier alpha value is -2.95. The van der Waals surface area contributed by atoms with Gasteiger partial charge in [0.25, 0.3) is 5.91 Å². The molecule has 3 aromatic rings. The highest BCUT2D eigenvalue weighted by atomic mass is 16.3. The second kappa shape index (κ2) is 6.75. The van der Waals surface area contributed by atoms with Crippen LogP contribution in [0.2, 0.25) is 0 Å². The van der Waals surface area contributed by atoms with Crippen molar-refractivity contribution in [1.29, 1.82) is 0 Å². The molecule has 132 valence electrons. The normalized spacial score (nSPS) is 18.5. The van der Waals surface area contributed by atoms with Crippen LogP contribution in [0, 0.1) is 5.92 Å². The third-order valence-corrected chi connectivity index (χ3v) is 4.83. The molecule has 0 N–H and O–H groups in total. The van der Waals surface area contributed by atoms with Gasteiger partial charge in [-0.3, -0.25) is 4.79 Å². The Kier molecular flexibility index (Phi) is 4.29. The lowest BCUT2D eigenvalue weighted by molar-refractivity contribution is 0.0774. The van der Waals surface area contributed by atoms with Gasteiger partial charge in [-0.25, -0.2) is 9.97 Å². The summed E-state index contributed by atoms with van der Waals surface area (Å²) in [4.78, 5) is 22.9. The van der Waals surface area contributed by atoms with Crippen molar-refractivity contribution in [2.75, 3.05) is 7.05 Å². The number of aromatic nitrogens is 2. The molecular weight excluding hydrogens is 326 g/mol. The summed E-state index contributed by atoms with van der Waals surface area (Å²) < 4.78 is 5.89. The van der Waals surface area contributed by atoms with Crippen LogP contribution < -0.4 is 0 Å². The Morgan fingerprint density at radius 2 is 1.85 bits per heavy atom. The molecule has 4 rings (SSSR count). The van der Waals surface area contributed by atoms with Crippen molar-refractivity contribution >= 4 is 5.91 Å². The third kappa shape index (κ3) is 3.38. The third-order valence-electron chi connectivity index (χ3n) is 4.83. The van der Waals surface area contributed by atoms with E-state index < -0.39 is 0 Å². The Labute approximate surface area is 152 Å². The number of hydrogen-bond acceptors (Lipinski definition) is 4. The Morgan fingerprint density at radius 3 is 2.50 bits per heavy atom. The Bertz CT molecular complexity index is 903. The molecule has 0 aliphatic heterocycles. The van der Waals surface area contributed by atoms with Crippen LogP contribution in [-0.4, -0.2) is 27.8 Å². The number of rotatable bonds is 5. The van der Waals surface area contributed by atoms with Gasteiger partial charge in [0, 0.05) is 30.9 Å². The smallest absolute Gasteiger partial charge is 0.257 e. The molecule has 5 nitrogen and oxygen atoms in total. The van der Waals surface area contributed by atoms with Gasteiger partial charge in [-0.05, 0) is 24.5 Å². The SMILES string of the molecule is C[C@H]1C[C@H]1c1ccc(CN(C)C(=O)c2cnc(-c3ccccc3)nc2)o1. The van der Waals surface area contributed by atoms with Gasteiger partial charge in [0.1, 0.15) is 11.5 Å². The van der Waals surface area contributed by atoms with E-state index in [9.17, 15) is 4.79 Å². The molecule has 2 atom stereocenters. The van der Waals surface area contributed by atoms with Crippen LogP contribution in [0.5, 0.6) is 0 Å². The van der Waals surface area contributed by atoms with Crippen molar-refractivity contribution in [2.24, 2.45) is 5.92 Å². The van der Waals surface area contributed by atoms with Gasteiger partial charge in [0.2, 0.25) is 0 Å². The molecule has 1 amide bonds. The van der Waals surface area contributed by atoms with Gasteiger partial charge >= 0.3 is 0 Å². The standard InChI is InChI=1S/C21H21N3O2/c1-14-10-18(14)19-9-8-17(26-19)13-24(2)21(25)16-11-22-20(23-12-16)15-6-4-3-5-7-15/h3-9,11-12,14,18H,10,13H2,1-2H3/t14-,18+/m0/s1. The average molecular weight is 347 g/mol. The first-order chi connectivity index (χ1) is 12.6. The van der Waals surface area contributed by atoms with Crippen LogP contribution >= 0.6 is 0 Å². The summed E-state index contributed by atoms with van der Waals surface area (Å²) in [7, 11) is 1.76. The summed E-state index contributed by atoms with van der Waals surface area (Å²) in [6.07, 6.45) is 4.34. The van der Waals surface area contributed by atoms with Crippen molar-refractivity contribution in [3.05, 3.63) is 71.9 Å². The summed E-state index contributed by atoms with van der Waals surface area (Å²) in [6.45, 7) is 2.65. The van der Waals surface area contributed by atoms with E-state index in [1.807, 2.05) is 42.5 Å². The van der Waals surface area contributed by atoms with Gasteiger partial charge in [0.15, 0.2) is 5.82 Å². The molecule has 2 heterocycles. The molecular formula is C21H21N3O2. The summed E-state index contributed by atoms with van der Waals surface area (Å²) in [5, 5.41) is 0. The minimum Gasteiger partial charge on any atom is -0.464 e. The lowest BCUT2D eigenvalue weighted by Gasteiger charge is -2.15. The molecule has 26 heavy (non-hydrogen) atoms. The van der Waals surface area contributed by atoms with E-state index in [1.54, 1.807) is 24.3 Å². The first kappa shape index (κ1) is 16.5. The molecule has 0 spiro atoms. The number of nitrogens with zero attached hydrogens (tertiary/aromatic N) is 3. The van der Waals surface area contributed by atoms with E-state index >= 15 is 0 Å². The summed E-state index contributed by atoms with van der Waals surface area (Å²) in [6, 6.07) is 13.7. The highest BCUT2D eigenvalue weighted by Gasteiger charge is 2.36. The molecule has 1 fully saturated rings. The number of furan rings is 1. The van der Waals surface area contributed by atoms with Gasteiger partial charge < -0.3 is 9.32 Å². The van der Waals surface area contributed by atoms with E-state index in [2.05, 4.69) is 16.9 Å². The molecule has 0 bridgehead atoms. The Balaban J connectivity index is 1.42. The maximum Gasteiger partial charge on any atom is 0.257 e. The van der Waals surface area contributed by atoms with Gasteiger partial charge in [0.05, 0.1) is 12.1 Å². The van der Waals surface area contributed by atoms with E-state index in [0.29, 0.717) is 29.8 Å². The van der Waals surface area contributed by atoms with Crippen LogP contribution in [0.1, 0.15) is 41.1 Å². The zero-order valence-corrected chi connectivity index (χ0v) is 14.9. The lowest BCUT2D eigenvalue weighted by Crippen LogP contribution is -2.26. The predicted octanol–water partition coefficient (Wildman–Crippen LogP) is 4.13. The fourth-order valence-corrected chi connectivity index (χ4v) is 3.10. The molecule has 1 aliphatic carbocycles. The molecule has 1 aliphatic rings. The van der Waals surface area contributed by atoms with Gasteiger partial charge in [-0.15, -0.1) is 0 Å². The highest BCUT2D eigenvalue weighted by molar-refractivity contribution is 5.93. The van der Waals surface area contributed by atoms with Crippen LogP contribution in [0.4, 0.5) is 0 Å². The largest absolute Gasteiger partial charge is 0.464 e. The fourth-order valence-electron chi connectivity index (χ4n) is 3.10. The van der Waals surface area contributed by atoms with Crippen molar-refractivity contribution < 1.29 is 9.21 Å². The summed E-state index contributed by atoms with van der Waals surface area (Å²) in [5.74, 6) is 3.57. The van der Waals surface area contributed by atoms with Crippen molar-refractivity contribution in [3.8, 4) is 11.4 Å². The quantitative estimate of drug-likeness (QED) is 0.696. The van der Waals surface area contributed by atoms with E-state index in [0.717, 1.165) is 17.1 Å². The molecule has 1 aromatic carbocycles. The number of hydrogen-bond donors (Lipinski definition) is 0. The maximum atomic E-state index is 12.6. The molecule has 0 unspecified atom stereocenters. The van der Waals surface area contributed by atoms with Crippen LogP contribution in [-0.2, 0) is 6.54 Å². The van der Waals surface area contributed by atoms with Gasteiger partial charge in [-0.1, -0.05) is 37.3 Å². The minimum absolute atomic E-state index is 0.123. The number of amides is 1. The first-order valence-corrected chi connectivity index (χ1v) is 8.83. The summed E-state index contributed by atoms with van der Waals surface area (Å²) in [5.41, 5.74) is 1.40. The zero-order valence-electron chi connectivity index (χ0n) is 14.9. The average Bonchev–Trinajstić information content (AvgIpc) is 3.23. The van der Waals surface area contributed by atoms with E-state index in [-0.39, 0.29) is 5.91 Å². The lowest BCUT2D eigenvalue weighted by atomic mass is 10.2. The van der Waals surface area contributed by atoms with E-state index in [4.69, 9.17) is 4.42 Å². The van der Waals surface area contributed by atoms with Crippen LogP contribution in [0.25, 0.3) is 11.4 Å². The van der Waals surface area contributed by atoms with Crippen molar-refractivity contribution in [3.63, 3.8) is 0 Å². The van der Waals surface area contributed by atoms with Crippen LogP contribution in [0.3, 0.4) is 0 Å². The summed E-state index contributed by atoms with van der Waals surface area (Å²) >= 11 is 0. The topological polar surface area (TPSA) is 59.2 Å². The Morgan fingerprint density at radius 1 is 1.15 bits per heavy atom. The molecule has 0 radical (unpaired) electrons. The second-order valence-corrected chi connectivity index (χ2v) is 6.95. The minimum atomic E-state index is -0.123. The maximum absolute atomic E-state index is 12.6. The highest BCUT2D eigenvalue weighted by Crippen LogP contribution is 2.47. The van der Waals surface area contributed by atoms with Crippen molar-refractivity contribution in [2.45, 2.75) is 25.8 Å². The first-order valence-electron chi connectivity index (χ1n) is 8.83.